The lowest BCUT2D eigenvalue weighted by atomic mass is 10.0. The van der Waals surface area contributed by atoms with Crippen LogP contribution in [0.2, 0.25) is 0 Å². The molecule has 1 aliphatic heterocycles. The van der Waals surface area contributed by atoms with Crippen molar-refractivity contribution in [3.05, 3.63) is 107 Å². The van der Waals surface area contributed by atoms with E-state index in [1.807, 2.05) is 31.2 Å². The fraction of sp³-hybridized carbons (Fsp3) is 0.0357. The van der Waals surface area contributed by atoms with Crippen LogP contribution in [0.5, 0.6) is 0 Å². The number of carbonyl (C=O) groups excluding carboxylic acids is 1. The van der Waals surface area contributed by atoms with E-state index in [9.17, 15) is 4.79 Å². The number of aromatic amines is 1. The summed E-state index contributed by atoms with van der Waals surface area (Å²) in [5, 5.41) is 3.54. The van der Waals surface area contributed by atoms with E-state index in [1.54, 1.807) is 11.8 Å². The standard InChI is InChI=1S/C28H19NOS/c1-17-10-13-25-23(14-17)28(30)26(31-25)16-22-21-8-4-5-9-24(21)29-27(22)20-12-11-18-6-2-3-7-19(18)15-20/h2-16,29H,1H3/b26-16-. The second-order valence-corrected chi connectivity index (χ2v) is 9.04. The Bertz CT molecular complexity index is 1540. The summed E-state index contributed by atoms with van der Waals surface area (Å²) in [5.41, 5.74) is 6.21. The number of benzene rings is 4. The number of hydrogen-bond acceptors (Lipinski definition) is 2. The van der Waals surface area contributed by atoms with E-state index in [4.69, 9.17) is 0 Å². The number of ketones is 1. The van der Waals surface area contributed by atoms with Crippen molar-refractivity contribution in [2.45, 2.75) is 11.8 Å². The summed E-state index contributed by atoms with van der Waals surface area (Å²) in [5.74, 6) is 0.110. The molecule has 0 radical (unpaired) electrons. The average Bonchev–Trinajstić information content (AvgIpc) is 3.32. The predicted molar refractivity (Wildman–Crippen MR) is 131 cm³/mol. The molecule has 0 unspecified atom stereocenters. The maximum Gasteiger partial charge on any atom is 0.200 e. The fourth-order valence-electron chi connectivity index (χ4n) is 4.32. The summed E-state index contributed by atoms with van der Waals surface area (Å²) in [7, 11) is 0. The lowest BCUT2D eigenvalue weighted by molar-refractivity contribution is 0.104. The van der Waals surface area contributed by atoms with Crippen molar-refractivity contribution in [3.8, 4) is 11.3 Å². The number of para-hydroxylation sites is 1. The van der Waals surface area contributed by atoms with Crippen LogP contribution in [0.15, 0.2) is 94.7 Å². The maximum absolute atomic E-state index is 13.1. The van der Waals surface area contributed by atoms with Crippen molar-refractivity contribution in [2.24, 2.45) is 0 Å². The third-order valence-corrected chi connectivity index (χ3v) is 6.98. The summed E-state index contributed by atoms with van der Waals surface area (Å²) in [6.45, 7) is 2.03. The highest BCUT2D eigenvalue weighted by Gasteiger charge is 2.26. The SMILES string of the molecule is Cc1ccc2c(c1)C(=O)/C(=C/c1c(-c3ccc4ccccc4c3)[nH]c3ccccc13)S2. The highest BCUT2D eigenvalue weighted by Crippen LogP contribution is 2.43. The summed E-state index contributed by atoms with van der Waals surface area (Å²) in [6, 6.07) is 29.3. The molecule has 1 aromatic heterocycles. The number of thioether (sulfide) groups is 1. The zero-order chi connectivity index (χ0) is 20.9. The average molecular weight is 418 g/mol. The number of aryl methyl sites for hydroxylation is 1. The molecule has 31 heavy (non-hydrogen) atoms. The van der Waals surface area contributed by atoms with Gasteiger partial charge in [0.25, 0.3) is 0 Å². The lowest BCUT2D eigenvalue weighted by Crippen LogP contribution is -1.95. The van der Waals surface area contributed by atoms with Gasteiger partial charge in [-0.1, -0.05) is 78.0 Å². The third-order valence-electron chi connectivity index (χ3n) is 5.88. The molecule has 2 nitrogen and oxygen atoms in total. The van der Waals surface area contributed by atoms with E-state index >= 15 is 0 Å². The Hall–Kier alpha value is -3.56. The summed E-state index contributed by atoms with van der Waals surface area (Å²) >= 11 is 1.56. The number of nitrogens with one attached hydrogen (secondary N) is 1. The van der Waals surface area contributed by atoms with Gasteiger partial charge in [0.15, 0.2) is 0 Å². The van der Waals surface area contributed by atoms with Gasteiger partial charge in [-0.15, -0.1) is 0 Å². The van der Waals surface area contributed by atoms with Gasteiger partial charge < -0.3 is 4.98 Å². The molecule has 0 saturated heterocycles. The quantitative estimate of drug-likeness (QED) is 0.300. The molecular formula is C28H19NOS. The zero-order valence-electron chi connectivity index (χ0n) is 17.0. The van der Waals surface area contributed by atoms with E-state index in [0.29, 0.717) is 0 Å². The smallest absolute Gasteiger partial charge is 0.200 e. The van der Waals surface area contributed by atoms with E-state index in [1.165, 1.54) is 10.8 Å². The third kappa shape index (κ3) is 3.01. The number of hydrogen-bond donors (Lipinski definition) is 1. The Morgan fingerprint density at radius 1 is 0.839 bits per heavy atom. The van der Waals surface area contributed by atoms with Crippen LogP contribution in [0.3, 0.4) is 0 Å². The molecule has 1 N–H and O–H groups in total. The van der Waals surface area contributed by atoms with E-state index in [0.717, 1.165) is 48.7 Å². The van der Waals surface area contributed by atoms with E-state index < -0.39 is 0 Å². The van der Waals surface area contributed by atoms with Gasteiger partial charge in [0.2, 0.25) is 5.78 Å². The molecule has 5 aromatic rings. The molecule has 0 saturated carbocycles. The van der Waals surface area contributed by atoms with Crippen LogP contribution in [0.1, 0.15) is 21.5 Å². The van der Waals surface area contributed by atoms with Crippen LogP contribution in [-0.4, -0.2) is 10.8 Å². The monoisotopic (exact) mass is 417 g/mol. The van der Waals surface area contributed by atoms with Crippen molar-refractivity contribution < 1.29 is 4.79 Å². The molecule has 6 rings (SSSR count). The Balaban J connectivity index is 1.55. The molecule has 0 amide bonds. The second kappa shape index (κ2) is 7.00. The van der Waals surface area contributed by atoms with Crippen LogP contribution >= 0.6 is 11.8 Å². The number of rotatable bonds is 2. The molecular weight excluding hydrogens is 398 g/mol. The van der Waals surface area contributed by atoms with E-state index in [-0.39, 0.29) is 5.78 Å². The number of aromatic nitrogens is 1. The van der Waals surface area contributed by atoms with Crippen LogP contribution in [-0.2, 0) is 0 Å². The number of allylic oxidation sites excluding steroid dienone is 1. The highest BCUT2D eigenvalue weighted by atomic mass is 32.2. The molecule has 4 aromatic carbocycles. The zero-order valence-corrected chi connectivity index (χ0v) is 17.8. The van der Waals surface area contributed by atoms with Gasteiger partial charge in [-0.3, -0.25) is 4.79 Å². The molecule has 3 heteroatoms. The number of carbonyl (C=O) groups is 1. The summed E-state index contributed by atoms with van der Waals surface area (Å²) < 4.78 is 0. The van der Waals surface area contributed by atoms with Gasteiger partial charge >= 0.3 is 0 Å². The molecule has 0 atom stereocenters. The normalized spacial score (nSPS) is 14.6. The molecule has 2 heterocycles. The first-order chi connectivity index (χ1) is 15.2. The first kappa shape index (κ1) is 18.2. The molecule has 1 aliphatic rings. The minimum Gasteiger partial charge on any atom is -0.354 e. The summed E-state index contributed by atoms with van der Waals surface area (Å²) in [6.07, 6.45) is 2.06. The molecule has 0 fully saturated rings. The van der Waals surface area contributed by atoms with Gasteiger partial charge in [-0.2, -0.15) is 0 Å². The van der Waals surface area contributed by atoms with Gasteiger partial charge in [0, 0.05) is 26.9 Å². The topological polar surface area (TPSA) is 32.9 Å². The van der Waals surface area contributed by atoms with Crippen LogP contribution in [0.25, 0.3) is 39.0 Å². The van der Waals surface area contributed by atoms with Crippen molar-refractivity contribution >= 4 is 45.3 Å². The molecule has 0 aliphatic carbocycles. The Morgan fingerprint density at radius 3 is 2.55 bits per heavy atom. The number of Topliss-reactive ketones (excluding diaryl/α,β-unsaturated/α-hetero) is 1. The van der Waals surface area contributed by atoms with Crippen LogP contribution in [0.4, 0.5) is 0 Å². The van der Waals surface area contributed by atoms with Crippen molar-refractivity contribution in [1.82, 2.24) is 4.98 Å². The Morgan fingerprint density at radius 2 is 1.65 bits per heavy atom. The molecule has 0 bridgehead atoms. The van der Waals surface area contributed by atoms with Crippen LogP contribution < -0.4 is 0 Å². The predicted octanol–water partition coefficient (Wildman–Crippen LogP) is 7.63. The lowest BCUT2D eigenvalue weighted by Gasteiger charge is -2.05. The Kier molecular flexibility index (Phi) is 4.12. The minimum atomic E-state index is 0.110. The first-order valence-electron chi connectivity index (χ1n) is 10.3. The van der Waals surface area contributed by atoms with Gasteiger partial charge in [-0.05, 0) is 53.6 Å². The van der Waals surface area contributed by atoms with Gasteiger partial charge in [0.05, 0.1) is 10.6 Å². The summed E-state index contributed by atoms with van der Waals surface area (Å²) in [4.78, 5) is 18.5. The van der Waals surface area contributed by atoms with Gasteiger partial charge in [0.1, 0.15) is 0 Å². The van der Waals surface area contributed by atoms with Crippen LogP contribution in [0, 0.1) is 6.92 Å². The number of H-pyrrole nitrogens is 1. The van der Waals surface area contributed by atoms with E-state index in [2.05, 4.69) is 71.7 Å². The van der Waals surface area contributed by atoms with Crippen molar-refractivity contribution in [2.75, 3.05) is 0 Å². The van der Waals surface area contributed by atoms with Crippen molar-refractivity contribution in [1.29, 1.82) is 0 Å². The minimum absolute atomic E-state index is 0.110. The maximum atomic E-state index is 13.1. The number of fused-ring (bicyclic) bond motifs is 3. The second-order valence-electron chi connectivity index (χ2n) is 7.96. The highest BCUT2D eigenvalue weighted by molar-refractivity contribution is 8.04. The molecule has 0 spiro atoms. The Labute approximate surface area is 184 Å². The fourth-order valence-corrected chi connectivity index (χ4v) is 5.33. The largest absolute Gasteiger partial charge is 0.354 e. The van der Waals surface area contributed by atoms with Crippen molar-refractivity contribution in [3.63, 3.8) is 0 Å². The van der Waals surface area contributed by atoms with Gasteiger partial charge in [-0.25, -0.2) is 0 Å². The molecule has 148 valence electrons. The first-order valence-corrected chi connectivity index (χ1v) is 11.1.